The maximum absolute atomic E-state index is 12.2. The molecule has 0 atom stereocenters. The largest absolute Gasteiger partial charge is 0.368 e. The van der Waals surface area contributed by atoms with Crippen LogP contribution in [0.25, 0.3) is 0 Å². The molecule has 0 aromatic heterocycles. The molecule has 2 N–H and O–H groups in total. The second-order valence-electron chi connectivity index (χ2n) is 7.51. The Hall–Kier alpha value is -1.07. The zero-order chi connectivity index (χ0) is 19.8. The number of anilines is 1. The van der Waals surface area contributed by atoms with Crippen LogP contribution in [-0.4, -0.2) is 70.8 Å². The molecule has 1 saturated carbocycles. The van der Waals surface area contributed by atoms with E-state index in [1.54, 1.807) is 0 Å². The van der Waals surface area contributed by atoms with Gasteiger partial charge >= 0.3 is 0 Å². The van der Waals surface area contributed by atoms with Crippen molar-refractivity contribution < 1.29 is 8.42 Å². The van der Waals surface area contributed by atoms with Crippen molar-refractivity contribution in [2.24, 2.45) is 10.9 Å². The highest BCUT2D eigenvalue weighted by atomic mass is 127. The third-order valence-electron chi connectivity index (χ3n) is 5.47. The van der Waals surface area contributed by atoms with E-state index in [1.165, 1.54) is 12.1 Å². The molecule has 1 aromatic rings. The zero-order valence-corrected chi connectivity index (χ0v) is 20.4. The number of rotatable bonds is 8. The fourth-order valence-electron chi connectivity index (χ4n) is 3.53. The van der Waals surface area contributed by atoms with Gasteiger partial charge in [-0.05, 0) is 37.8 Å². The fourth-order valence-corrected chi connectivity index (χ4v) is 4.49. The molecule has 0 radical (unpaired) electrons. The summed E-state index contributed by atoms with van der Waals surface area (Å²) in [5.74, 6) is 1.37. The van der Waals surface area contributed by atoms with Crippen LogP contribution in [0.15, 0.2) is 35.3 Å². The zero-order valence-electron chi connectivity index (χ0n) is 17.2. The quantitative estimate of drug-likeness (QED) is 0.303. The summed E-state index contributed by atoms with van der Waals surface area (Å²) in [5.41, 5.74) is 1.24. The summed E-state index contributed by atoms with van der Waals surface area (Å²) >= 11 is 0. The molecular weight excluding hydrogens is 501 g/mol. The molecule has 7 nitrogen and oxygen atoms in total. The van der Waals surface area contributed by atoms with E-state index in [2.05, 4.69) is 49.1 Å². The van der Waals surface area contributed by atoms with Gasteiger partial charge in [-0.25, -0.2) is 13.1 Å². The van der Waals surface area contributed by atoms with Gasteiger partial charge in [0, 0.05) is 45.0 Å². The number of guanidine groups is 1. The molecule has 2 fully saturated rings. The van der Waals surface area contributed by atoms with E-state index in [1.807, 2.05) is 13.0 Å². The van der Waals surface area contributed by atoms with E-state index in [0.29, 0.717) is 12.5 Å². The summed E-state index contributed by atoms with van der Waals surface area (Å²) in [6.07, 6.45) is 3.50. The van der Waals surface area contributed by atoms with E-state index in [-0.39, 0.29) is 36.3 Å². The van der Waals surface area contributed by atoms with Crippen LogP contribution in [0.4, 0.5) is 5.69 Å². The van der Waals surface area contributed by atoms with E-state index in [0.717, 1.165) is 51.5 Å². The van der Waals surface area contributed by atoms with Gasteiger partial charge in [0.2, 0.25) is 10.0 Å². The lowest BCUT2D eigenvalue weighted by Crippen LogP contribution is -2.52. The number of hydrogen-bond acceptors (Lipinski definition) is 4. The van der Waals surface area contributed by atoms with Gasteiger partial charge in [-0.15, -0.1) is 24.0 Å². The van der Waals surface area contributed by atoms with Gasteiger partial charge in [0.1, 0.15) is 0 Å². The molecule has 1 heterocycles. The lowest BCUT2D eigenvalue weighted by atomic mass is 9.86. The Balaban J connectivity index is 0.00000300. The summed E-state index contributed by atoms with van der Waals surface area (Å²) in [4.78, 5) is 9.16. The number of hydrogen-bond donors (Lipinski definition) is 2. The Labute approximate surface area is 192 Å². The van der Waals surface area contributed by atoms with Crippen LogP contribution in [0, 0.1) is 5.92 Å². The molecule has 1 saturated heterocycles. The summed E-state index contributed by atoms with van der Waals surface area (Å²) in [7, 11) is -3.25. The van der Waals surface area contributed by atoms with Crippen LogP contribution in [0.3, 0.4) is 0 Å². The SMILES string of the molecule is CCNC(=NCCS(=O)(=O)NCC1CCC1)N1CCN(c2ccccc2)CC1.I. The second-order valence-corrected chi connectivity index (χ2v) is 9.44. The Morgan fingerprint density at radius 3 is 2.41 bits per heavy atom. The Kier molecular flexibility index (Phi) is 9.97. The number of aliphatic imine (C=N–C) groups is 1. The summed E-state index contributed by atoms with van der Waals surface area (Å²) in [6, 6.07) is 10.4. The third-order valence-corrected chi connectivity index (χ3v) is 6.80. The summed E-state index contributed by atoms with van der Waals surface area (Å²) < 4.78 is 27.1. The second kappa shape index (κ2) is 11.9. The number of halogens is 1. The Morgan fingerprint density at radius 2 is 1.83 bits per heavy atom. The predicted octanol–water partition coefficient (Wildman–Crippen LogP) is 2.11. The summed E-state index contributed by atoms with van der Waals surface area (Å²) in [6.45, 7) is 7.25. The molecule has 0 bridgehead atoms. The molecule has 29 heavy (non-hydrogen) atoms. The highest BCUT2D eigenvalue weighted by molar-refractivity contribution is 14.0. The minimum absolute atomic E-state index is 0. The highest BCUT2D eigenvalue weighted by Gasteiger charge is 2.21. The third kappa shape index (κ3) is 7.60. The minimum Gasteiger partial charge on any atom is -0.368 e. The molecule has 1 aromatic carbocycles. The van der Waals surface area contributed by atoms with Gasteiger partial charge in [0.25, 0.3) is 0 Å². The highest BCUT2D eigenvalue weighted by Crippen LogP contribution is 2.25. The van der Waals surface area contributed by atoms with Gasteiger partial charge in [-0.1, -0.05) is 24.6 Å². The average Bonchev–Trinajstić information content (AvgIpc) is 2.67. The first-order chi connectivity index (χ1) is 13.6. The van der Waals surface area contributed by atoms with E-state index >= 15 is 0 Å². The van der Waals surface area contributed by atoms with Crippen molar-refractivity contribution >= 4 is 45.6 Å². The molecule has 0 amide bonds. The maximum atomic E-state index is 12.2. The van der Waals surface area contributed by atoms with Gasteiger partial charge in [-0.3, -0.25) is 4.99 Å². The monoisotopic (exact) mass is 535 g/mol. The molecule has 3 rings (SSSR count). The van der Waals surface area contributed by atoms with Crippen LogP contribution in [0.5, 0.6) is 0 Å². The number of piperazine rings is 1. The van der Waals surface area contributed by atoms with Crippen LogP contribution < -0.4 is 14.9 Å². The number of sulfonamides is 1. The van der Waals surface area contributed by atoms with Crippen molar-refractivity contribution in [2.75, 3.05) is 56.5 Å². The molecular formula is C20H34IN5O2S. The van der Waals surface area contributed by atoms with E-state index in [9.17, 15) is 8.42 Å². The molecule has 2 aliphatic rings. The van der Waals surface area contributed by atoms with E-state index < -0.39 is 10.0 Å². The standard InChI is InChI=1S/C20H33N5O2S.HI/c1-2-21-20(22-11-16-28(26,27)23-17-18-7-6-8-18)25-14-12-24(13-15-25)19-9-4-3-5-10-19;/h3-5,9-10,18,23H,2,6-8,11-17H2,1H3,(H,21,22);1H. The first-order valence-electron chi connectivity index (χ1n) is 10.4. The topological polar surface area (TPSA) is 77.0 Å². The number of benzene rings is 1. The van der Waals surface area contributed by atoms with Crippen molar-refractivity contribution in [1.82, 2.24) is 14.9 Å². The number of nitrogens with zero attached hydrogens (tertiary/aromatic N) is 3. The number of para-hydroxylation sites is 1. The van der Waals surface area contributed by atoms with Crippen LogP contribution >= 0.6 is 24.0 Å². The van der Waals surface area contributed by atoms with Crippen LogP contribution in [0.2, 0.25) is 0 Å². The van der Waals surface area contributed by atoms with Crippen LogP contribution in [-0.2, 0) is 10.0 Å². The van der Waals surface area contributed by atoms with Gasteiger partial charge < -0.3 is 15.1 Å². The first kappa shape index (κ1) is 24.2. The normalized spacial score (nSPS) is 18.2. The Bertz CT molecular complexity index is 732. The molecule has 9 heteroatoms. The van der Waals surface area contributed by atoms with Gasteiger partial charge in [0.15, 0.2) is 5.96 Å². The van der Waals surface area contributed by atoms with Crippen molar-refractivity contribution in [3.8, 4) is 0 Å². The van der Waals surface area contributed by atoms with Crippen LogP contribution in [0.1, 0.15) is 26.2 Å². The van der Waals surface area contributed by atoms with Crippen molar-refractivity contribution in [3.63, 3.8) is 0 Å². The lowest BCUT2D eigenvalue weighted by molar-refractivity contribution is 0.316. The van der Waals surface area contributed by atoms with Crippen molar-refractivity contribution in [2.45, 2.75) is 26.2 Å². The molecule has 0 unspecified atom stereocenters. The Morgan fingerprint density at radius 1 is 1.14 bits per heavy atom. The average molecular weight is 535 g/mol. The predicted molar refractivity (Wildman–Crippen MR) is 131 cm³/mol. The van der Waals surface area contributed by atoms with Crippen molar-refractivity contribution in [3.05, 3.63) is 30.3 Å². The minimum atomic E-state index is -3.25. The fraction of sp³-hybridized carbons (Fsp3) is 0.650. The lowest BCUT2D eigenvalue weighted by Gasteiger charge is -2.37. The summed E-state index contributed by atoms with van der Waals surface area (Å²) in [5, 5.41) is 3.30. The molecule has 0 spiro atoms. The molecule has 1 aliphatic carbocycles. The van der Waals surface area contributed by atoms with E-state index in [4.69, 9.17) is 0 Å². The maximum Gasteiger partial charge on any atom is 0.213 e. The smallest absolute Gasteiger partial charge is 0.213 e. The molecule has 1 aliphatic heterocycles. The molecule has 164 valence electrons. The van der Waals surface area contributed by atoms with Gasteiger partial charge in [-0.2, -0.15) is 0 Å². The van der Waals surface area contributed by atoms with Gasteiger partial charge in [0.05, 0.1) is 12.3 Å². The van der Waals surface area contributed by atoms with Crippen molar-refractivity contribution in [1.29, 1.82) is 0 Å². The number of nitrogens with one attached hydrogen (secondary N) is 2. The first-order valence-corrected chi connectivity index (χ1v) is 12.0.